The molecule has 2 aromatic rings. The third-order valence-corrected chi connectivity index (χ3v) is 4.22. The van der Waals surface area contributed by atoms with Crippen molar-refractivity contribution >= 4 is 31.9 Å². The van der Waals surface area contributed by atoms with Gasteiger partial charge in [-0.15, -0.1) is 0 Å². The van der Waals surface area contributed by atoms with Gasteiger partial charge in [0, 0.05) is 14.5 Å². The zero-order valence-corrected chi connectivity index (χ0v) is 12.9. The van der Waals surface area contributed by atoms with Crippen LogP contribution in [0.4, 0.5) is 4.39 Å². The smallest absolute Gasteiger partial charge is 0.128 e. The van der Waals surface area contributed by atoms with Crippen molar-refractivity contribution in [2.75, 3.05) is 0 Å². The summed E-state index contributed by atoms with van der Waals surface area (Å²) in [6, 6.07) is 10.1. The van der Waals surface area contributed by atoms with Crippen molar-refractivity contribution in [3.63, 3.8) is 0 Å². The van der Waals surface area contributed by atoms with E-state index < -0.39 is 6.04 Å². The SMILES string of the molecule is Cc1cc(C(N)c2cc(Br)ccc2F)ccc1Br. The summed E-state index contributed by atoms with van der Waals surface area (Å²) in [7, 11) is 0. The van der Waals surface area contributed by atoms with Gasteiger partial charge in [0.15, 0.2) is 0 Å². The lowest BCUT2D eigenvalue weighted by Gasteiger charge is -2.15. The third-order valence-electron chi connectivity index (χ3n) is 2.83. The molecule has 0 aliphatic heterocycles. The molecule has 94 valence electrons. The first-order valence-corrected chi connectivity index (χ1v) is 7.04. The van der Waals surface area contributed by atoms with E-state index in [9.17, 15) is 4.39 Å². The van der Waals surface area contributed by atoms with Gasteiger partial charge in [0.1, 0.15) is 5.82 Å². The van der Waals surface area contributed by atoms with Gasteiger partial charge in [-0.05, 0) is 42.3 Å². The van der Waals surface area contributed by atoms with Crippen LogP contribution in [0.3, 0.4) is 0 Å². The van der Waals surface area contributed by atoms with Gasteiger partial charge in [0.05, 0.1) is 6.04 Å². The predicted octanol–water partition coefficient (Wildman–Crippen LogP) is 4.71. The molecule has 2 aromatic carbocycles. The Morgan fingerprint density at radius 2 is 1.83 bits per heavy atom. The molecule has 0 heterocycles. The predicted molar refractivity (Wildman–Crippen MR) is 79.0 cm³/mol. The van der Waals surface area contributed by atoms with Crippen LogP contribution in [0.2, 0.25) is 0 Å². The Balaban J connectivity index is 2.44. The molecule has 2 rings (SSSR count). The van der Waals surface area contributed by atoms with Gasteiger partial charge in [0.25, 0.3) is 0 Å². The van der Waals surface area contributed by atoms with Crippen LogP contribution in [0.5, 0.6) is 0 Å². The number of rotatable bonds is 2. The highest BCUT2D eigenvalue weighted by Gasteiger charge is 2.14. The van der Waals surface area contributed by atoms with Crippen LogP contribution in [0.25, 0.3) is 0 Å². The van der Waals surface area contributed by atoms with Crippen molar-refractivity contribution in [1.29, 1.82) is 0 Å². The Kier molecular flexibility index (Phi) is 4.20. The first-order chi connectivity index (χ1) is 8.49. The van der Waals surface area contributed by atoms with Crippen molar-refractivity contribution in [2.45, 2.75) is 13.0 Å². The molecule has 18 heavy (non-hydrogen) atoms. The Hall–Kier alpha value is -0.710. The van der Waals surface area contributed by atoms with E-state index in [1.54, 1.807) is 12.1 Å². The van der Waals surface area contributed by atoms with E-state index >= 15 is 0 Å². The number of benzene rings is 2. The summed E-state index contributed by atoms with van der Waals surface area (Å²) < 4.78 is 15.6. The molecule has 1 unspecified atom stereocenters. The maximum atomic E-state index is 13.8. The molecular formula is C14H12Br2FN. The van der Waals surface area contributed by atoms with Gasteiger partial charge in [-0.25, -0.2) is 4.39 Å². The zero-order chi connectivity index (χ0) is 13.3. The molecule has 0 aliphatic carbocycles. The molecule has 4 heteroatoms. The number of aryl methyl sites for hydroxylation is 1. The van der Waals surface area contributed by atoms with Crippen LogP contribution >= 0.6 is 31.9 Å². The van der Waals surface area contributed by atoms with E-state index in [0.29, 0.717) is 5.56 Å². The fourth-order valence-corrected chi connectivity index (χ4v) is 2.42. The number of hydrogen-bond acceptors (Lipinski definition) is 1. The first-order valence-electron chi connectivity index (χ1n) is 5.45. The third kappa shape index (κ3) is 2.82. The maximum absolute atomic E-state index is 13.8. The van der Waals surface area contributed by atoms with Crippen molar-refractivity contribution < 1.29 is 4.39 Å². The minimum atomic E-state index is -0.464. The summed E-state index contributed by atoms with van der Waals surface area (Å²) in [5, 5.41) is 0. The molecule has 1 atom stereocenters. The standard InChI is InChI=1S/C14H12Br2FN/c1-8-6-9(2-4-12(8)16)14(18)11-7-10(15)3-5-13(11)17/h2-7,14H,18H2,1H3. The van der Waals surface area contributed by atoms with Crippen LogP contribution in [0.15, 0.2) is 45.3 Å². The summed E-state index contributed by atoms with van der Waals surface area (Å²) in [6.07, 6.45) is 0. The highest BCUT2D eigenvalue weighted by atomic mass is 79.9. The van der Waals surface area contributed by atoms with Crippen molar-refractivity contribution in [2.24, 2.45) is 5.73 Å². The second-order valence-electron chi connectivity index (χ2n) is 4.15. The average Bonchev–Trinajstić information content (AvgIpc) is 2.35. The van der Waals surface area contributed by atoms with E-state index in [0.717, 1.165) is 20.1 Å². The highest BCUT2D eigenvalue weighted by molar-refractivity contribution is 9.10. The molecule has 0 fully saturated rings. The van der Waals surface area contributed by atoms with Crippen molar-refractivity contribution in [3.05, 3.63) is 67.9 Å². The Labute approximate surface area is 122 Å². The summed E-state index contributed by atoms with van der Waals surface area (Å²) in [4.78, 5) is 0. The van der Waals surface area contributed by atoms with Gasteiger partial charge in [0.2, 0.25) is 0 Å². The number of halogens is 3. The van der Waals surface area contributed by atoms with Gasteiger partial charge in [-0.2, -0.15) is 0 Å². The van der Waals surface area contributed by atoms with Gasteiger partial charge in [-0.1, -0.05) is 44.0 Å². The molecule has 0 saturated carbocycles. The lowest BCUT2D eigenvalue weighted by Crippen LogP contribution is -2.13. The molecular weight excluding hydrogens is 361 g/mol. The Morgan fingerprint density at radius 3 is 2.50 bits per heavy atom. The molecule has 0 spiro atoms. The zero-order valence-electron chi connectivity index (χ0n) is 9.75. The first kappa shape index (κ1) is 13.7. The molecule has 0 bridgehead atoms. The molecule has 0 amide bonds. The van der Waals surface area contributed by atoms with Crippen LogP contribution in [-0.2, 0) is 0 Å². The van der Waals surface area contributed by atoms with E-state index in [1.165, 1.54) is 6.07 Å². The van der Waals surface area contributed by atoms with Crippen LogP contribution in [0.1, 0.15) is 22.7 Å². The normalized spacial score (nSPS) is 12.5. The summed E-state index contributed by atoms with van der Waals surface area (Å²) in [5.41, 5.74) is 8.60. The van der Waals surface area contributed by atoms with Crippen LogP contribution < -0.4 is 5.73 Å². The van der Waals surface area contributed by atoms with Crippen LogP contribution in [-0.4, -0.2) is 0 Å². The maximum Gasteiger partial charge on any atom is 0.128 e. The number of hydrogen-bond donors (Lipinski definition) is 1. The Morgan fingerprint density at radius 1 is 1.11 bits per heavy atom. The second kappa shape index (κ2) is 5.51. The quantitative estimate of drug-likeness (QED) is 0.811. The van der Waals surface area contributed by atoms with E-state index in [2.05, 4.69) is 31.9 Å². The lowest BCUT2D eigenvalue weighted by molar-refractivity contribution is 0.599. The molecule has 0 aliphatic rings. The number of nitrogens with two attached hydrogens (primary N) is 1. The second-order valence-corrected chi connectivity index (χ2v) is 5.92. The van der Waals surface area contributed by atoms with E-state index in [4.69, 9.17) is 5.73 Å². The minimum Gasteiger partial charge on any atom is -0.320 e. The highest BCUT2D eigenvalue weighted by Crippen LogP contribution is 2.27. The van der Waals surface area contributed by atoms with Gasteiger partial charge >= 0.3 is 0 Å². The average molecular weight is 373 g/mol. The topological polar surface area (TPSA) is 26.0 Å². The monoisotopic (exact) mass is 371 g/mol. The Bertz CT molecular complexity index is 584. The fraction of sp³-hybridized carbons (Fsp3) is 0.143. The summed E-state index contributed by atoms with van der Waals surface area (Å²) in [5.74, 6) is -0.286. The summed E-state index contributed by atoms with van der Waals surface area (Å²) in [6.45, 7) is 1.98. The molecule has 0 radical (unpaired) electrons. The van der Waals surface area contributed by atoms with Crippen molar-refractivity contribution in [3.8, 4) is 0 Å². The van der Waals surface area contributed by atoms with Gasteiger partial charge < -0.3 is 5.73 Å². The lowest BCUT2D eigenvalue weighted by atomic mass is 9.98. The van der Waals surface area contributed by atoms with Crippen molar-refractivity contribution in [1.82, 2.24) is 0 Å². The molecule has 2 N–H and O–H groups in total. The minimum absolute atomic E-state index is 0.286. The molecule has 0 aromatic heterocycles. The van der Waals surface area contributed by atoms with Gasteiger partial charge in [-0.3, -0.25) is 0 Å². The largest absolute Gasteiger partial charge is 0.320 e. The molecule has 1 nitrogen and oxygen atoms in total. The summed E-state index contributed by atoms with van der Waals surface area (Å²) >= 11 is 6.77. The van der Waals surface area contributed by atoms with E-state index in [1.807, 2.05) is 25.1 Å². The molecule has 0 saturated heterocycles. The fourth-order valence-electron chi connectivity index (χ4n) is 1.79. The van der Waals surface area contributed by atoms with E-state index in [-0.39, 0.29) is 5.82 Å². The van der Waals surface area contributed by atoms with Crippen LogP contribution in [0, 0.1) is 12.7 Å².